The molecular weight excluding hydrogens is 182 g/mol. The van der Waals surface area contributed by atoms with Gasteiger partial charge >= 0.3 is 0 Å². The maximum atomic E-state index is 3.16. The van der Waals surface area contributed by atoms with Crippen LogP contribution in [0.4, 0.5) is 0 Å². The molecule has 0 aliphatic carbocycles. The second kappa shape index (κ2) is 8.10. The van der Waals surface area contributed by atoms with Crippen molar-refractivity contribution in [3.05, 3.63) is 41.1 Å². The summed E-state index contributed by atoms with van der Waals surface area (Å²) in [5.74, 6) is 0. The van der Waals surface area contributed by atoms with Crippen LogP contribution in [0.15, 0.2) is 24.4 Å². The average molecular weight is 205 g/mol. The van der Waals surface area contributed by atoms with Crippen molar-refractivity contribution in [2.75, 3.05) is 6.54 Å². The Balaban J connectivity index is 0.000000921. The standard InChI is InChI=1S/C12H17N.C2H6/c1-4-13-8-7-12-9-10(2)5-6-11(12)3;1-2/h5-9,13H,4H2,1-3H3;1-2H3/b8-7-;. The lowest BCUT2D eigenvalue weighted by atomic mass is 10.1. The zero-order valence-corrected chi connectivity index (χ0v) is 10.6. The number of aryl methyl sites for hydroxylation is 2. The molecule has 0 fully saturated rings. The Kier molecular flexibility index (Phi) is 7.43. The van der Waals surface area contributed by atoms with Crippen LogP contribution in [0.2, 0.25) is 0 Å². The molecule has 0 bridgehead atoms. The van der Waals surface area contributed by atoms with Crippen molar-refractivity contribution >= 4 is 6.08 Å². The second-order valence-electron chi connectivity index (χ2n) is 3.25. The van der Waals surface area contributed by atoms with Crippen LogP contribution in [-0.4, -0.2) is 6.54 Å². The van der Waals surface area contributed by atoms with Crippen molar-refractivity contribution in [1.82, 2.24) is 5.32 Å². The lowest BCUT2D eigenvalue weighted by Crippen LogP contribution is -2.01. The molecule has 0 unspecified atom stereocenters. The summed E-state index contributed by atoms with van der Waals surface area (Å²) in [4.78, 5) is 0. The van der Waals surface area contributed by atoms with Crippen molar-refractivity contribution < 1.29 is 0 Å². The van der Waals surface area contributed by atoms with E-state index in [1.54, 1.807) is 0 Å². The van der Waals surface area contributed by atoms with Crippen LogP contribution in [0.25, 0.3) is 6.08 Å². The van der Waals surface area contributed by atoms with Crippen molar-refractivity contribution in [2.45, 2.75) is 34.6 Å². The highest BCUT2D eigenvalue weighted by Gasteiger charge is 1.92. The summed E-state index contributed by atoms with van der Waals surface area (Å²) in [6, 6.07) is 6.49. The molecule has 0 atom stereocenters. The minimum absolute atomic E-state index is 0.974. The predicted molar refractivity (Wildman–Crippen MR) is 70.0 cm³/mol. The molecule has 1 rings (SSSR count). The van der Waals surface area contributed by atoms with Crippen LogP contribution in [0.1, 0.15) is 37.5 Å². The second-order valence-corrected chi connectivity index (χ2v) is 3.25. The molecule has 0 aromatic heterocycles. The van der Waals surface area contributed by atoms with Crippen LogP contribution >= 0.6 is 0 Å². The first-order valence-corrected chi connectivity index (χ1v) is 5.71. The van der Waals surface area contributed by atoms with Crippen molar-refractivity contribution in [3.8, 4) is 0 Å². The molecule has 0 saturated carbocycles. The molecule has 1 aromatic rings. The van der Waals surface area contributed by atoms with Gasteiger partial charge in [-0.25, -0.2) is 0 Å². The van der Waals surface area contributed by atoms with Crippen LogP contribution in [-0.2, 0) is 0 Å². The molecule has 1 heteroatoms. The van der Waals surface area contributed by atoms with Crippen molar-refractivity contribution in [2.24, 2.45) is 0 Å². The predicted octanol–water partition coefficient (Wildman–Crippen LogP) is 3.91. The molecule has 0 aliphatic rings. The molecule has 1 nitrogen and oxygen atoms in total. The summed E-state index contributed by atoms with van der Waals surface area (Å²) in [5.41, 5.74) is 3.92. The minimum atomic E-state index is 0.974. The van der Waals surface area contributed by atoms with Crippen LogP contribution in [0, 0.1) is 13.8 Å². The molecule has 1 N–H and O–H groups in total. The topological polar surface area (TPSA) is 12.0 Å². The first-order valence-electron chi connectivity index (χ1n) is 5.71. The van der Waals surface area contributed by atoms with Gasteiger partial charge in [-0.05, 0) is 44.2 Å². The Bertz CT molecular complexity index is 300. The van der Waals surface area contributed by atoms with Crippen LogP contribution in [0.5, 0.6) is 0 Å². The van der Waals surface area contributed by atoms with E-state index in [1.165, 1.54) is 16.7 Å². The SMILES string of the molecule is CC.CCN/C=C\c1cc(C)ccc1C. The van der Waals surface area contributed by atoms with Gasteiger partial charge in [0.15, 0.2) is 0 Å². The summed E-state index contributed by atoms with van der Waals surface area (Å²) in [6.07, 6.45) is 4.12. The lowest BCUT2D eigenvalue weighted by Gasteiger charge is -2.01. The molecule has 0 saturated heterocycles. The zero-order chi connectivity index (χ0) is 11.7. The third-order valence-corrected chi connectivity index (χ3v) is 2.02. The monoisotopic (exact) mass is 205 g/mol. The minimum Gasteiger partial charge on any atom is -0.391 e. The molecule has 0 heterocycles. The Morgan fingerprint density at radius 2 is 1.87 bits per heavy atom. The average Bonchev–Trinajstić information content (AvgIpc) is 2.26. The number of nitrogens with one attached hydrogen (secondary N) is 1. The maximum Gasteiger partial charge on any atom is 0.0113 e. The van der Waals surface area contributed by atoms with Crippen LogP contribution in [0.3, 0.4) is 0 Å². The highest BCUT2D eigenvalue weighted by Crippen LogP contribution is 2.11. The normalized spacial score (nSPS) is 9.67. The highest BCUT2D eigenvalue weighted by molar-refractivity contribution is 5.54. The van der Waals surface area contributed by atoms with Gasteiger partial charge in [0.2, 0.25) is 0 Å². The third-order valence-electron chi connectivity index (χ3n) is 2.02. The number of benzene rings is 1. The molecular formula is C14H23N. The van der Waals surface area contributed by atoms with Crippen LogP contribution < -0.4 is 5.32 Å². The first kappa shape index (κ1) is 13.8. The van der Waals surface area contributed by atoms with Gasteiger partial charge in [0, 0.05) is 6.54 Å². The summed E-state index contributed by atoms with van der Waals surface area (Å²) >= 11 is 0. The number of rotatable bonds is 3. The molecule has 0 amide bonds. The van der Waals surface area contributed by atoms with Gasteiger partial charge in [-0.15, -0.1) is 0 Å². The van der Waals surface area contributed by atoms with Gasteiger partial charge in [-0.3, -0.25) is 0 Å². The smallest absolute Gasteiger partial charge is 0.0113 e. The Hall–Kier alpha value is -1.24. The Morgan fingerprint density at radius 1 is 1.20 bits per heavy atom. The molecule has 0 aliphatic heterocycles. The molecule has 84 valence electrons. The zero-order valence-electron chi connectivity index (χ0n) is 10.6. The van der Waals surface area contributed by atoms with Crippen molar-refractivity contribution in [1.29, 1.82) is 0 Å². The molecule has 1 aromatic carbocycles. The van der Waals surface area contributed by atoms with E-state index in [4.69, 9.17) is 0 Å². The van der Waals surface area contributed by atoms with E-state index >= 15 is 0 Å². The fourth-order valence-corrected chi connectivity index (χ4v) is 1.21. The quantitative estimate of drug-likeness (QED) is 0.789. The van der Waals surface area contributed by atoms with Gasteiger partial charge in [-0.1, -0.05) is 37.6 Å². The maximum absolute atomic E-state index is 3.16. The van der Waals surface area contributed by atoms with E-state index in [-0.39, 0.29) is 0 Å². The summed E-state index contributed by atoms with van der Waals surface area (Å²) in [5, 5.41) is 3.16. The highest BCUT2D eigenvalue weighted by atomic mass is 14.8. The fraction of sp³-hybridized carbons (Fsp3) is 0.429. The largest absolute Gasteiger partial charge is 0.391 e. The summed E-state index contributed by atoms with van der Waals surface area (Å²) in [7, 11) is 0. The van der Waals surface area contributed by atoms with Gasteiger partial charge in [-0.2, -0.15) is 0 Å². The Morgan fingerprint density at radius 3 is 2.47 bits per heavy atom. The molecule has 0 spiro atoms. The lowest BCUT2D eigenvalue weighted by molar-refractivity contribution is 0.924. The van der Waals surface area contributed by atoms with E-state index in [9.17, 15) is 0 Å². The summed E-state index contributed by atoms with van der Waals surface area (Å²) in [6.45, 7) is 11.3. The van der Waals surface area contributed by atoms with E-state index in [0.717, 1.165) is 6.54 Å². The third kappa shape index (κ3) is 5.26. The number of hydrogen-bond donors (Lipinski definition) is 1. The van der Waals surface area contributed by atoms with Gasteiger partial charge in [0.05, 0.1) is 0 Å². The van der Waals surface area contributed by atoms with E-state index in [2.05, 4.69) is 50.4 Å². The van der Waals surface area contributed by atoms with E-state index < -0.39 is 0 Å². The number of hydrogen-bond acceptors (Lipinski definition) is 1. The van der Waals surface area contributed by atoms with Gasteiger partial charge < -0.3 is 5.32 Å². The Labute approximate surface area is 94.2 Å². The van der Waals surface area contributed by atoms with E-state index in [0.29, 0.717) is 0 Å². The van der Waals surface area contributed by atoms with E-state index in [1.807, 2.05) is 20.0 Å². The van der Waals surface area contributed by atoms with Gasteiger partial charge in [0.25, 0.3) is 0 Å². The van der Waals surface area contributed by atoms with Crippen molar-refractivity contribution in [3.63, 3.8) is 0 Å². The molecule has 15 heavy (non-hydrogen) atoms. The fourth-order valence-electron chi connectivity index (χ4n) is 1.21. The summed E-state index contributed by atoms with van der Waals surface area (Å²) < 4.78 is 0. The first-order chi connectivity index (χ1) is 7.24. The molecule has 0 radical (unpaired) electrons. The van der Waals surface area contributed by atoms with Gasteiger partial charge in [0.1, 0.15) is 0 Å².